The normalized spacial score (nSPS) is 23.8. The molecule has 6 nitrogen and oxygen atoms in total. The van der Waals surface area contributed by atoms with Crippen molar-refractivity contribution >= 4 is 38.6 Å². The second kappa shape index (κ2) is 5.95. The molecule has 134 valence electrons. The van der Waals surface area contributed by atoms with Crippen LogP contribution < -0.4 is 10.5 Å². The maximum absolute atomic E-state index is 7.89. The molecule has 0 radical (unpaired) electrons. The van der Waals surface area contributed by atoms with E-state index in [1.165, 1.54) is 0 Å². The summed E-state index contributed by atoms with van der Waals surface area (Å²) in [7, 11) is -0.720. The first kappa shape index (κ1) is 16.1. The summed E-state index contributed by atoms with van der Waals surface area (Å²) in [6, 6.07) is 6.30. The molecule has 1 atom stereocenters. The number of hydrogen-bond donors (Lipinski definition) is 0. The van der Waals surface area contributed by atoms with Gasteiger partial charge in [0.25, 0.3) is 0 Å². The fourth-order valence-corrected chi connectivity index (χ4v) is 3.57. The van der Waals surface area contributed by atoms with Gasteiger partial charge in [-0.2, -0.15) is 5.10 Å². The Morgan fingerprint density at radius 2 is 1.84 bits per heavy atom. The quantitative estimate of drug-likeness (QED) is 0.615. The molecule has 4 rings (SSSR count). The van der Waals surface area contributed by atoms with E-state index < -0.39 is 18.3 Å². The van der Waals surface area contributed by atoms with Crippen molar-refractivity contribution in [2.24, 2.45) is 0 Å². The zero-order valence-electron chi connectivity index (χ0n) is 16.2. The summed E-state index contributed by atoms with van der Waals surface area (Å²) >= 11 is 0. The molecule has 2 saturated heterocycles. The maximum Gasteiger partial charge on any atom is 0.517 e. The van der Waals surface area contributed by atoms with Crippen molar-refractivity contribution in [2.45, 2.75) is 38.9 Å². The summed E-state index contributed by atoms with van der Waals surface area (Å²) < 4.78 is 27.4. The number of aromatic nitrogens is 2. The van der Waals surface area contributed by atoms with Crippen molar-refractivity contribution in [3.8, 4) is 0 Å². The Morgan fingerprint density at radius 3 is 2.48 bits per heavy atom. The second-order valence-corrected chi connectivity index (χ2v) is 8.11. The molecule has 0 spiro atoms. The van der Waals surface area contributed by atoms with Crippen molar-refractivity contribution in [1.82, 2.24) is 9.55 Å². The Balaban J connectivity index is 1.73. The molecule has 3 heterocycles. The van der Waals surface area contributed by atoms with Gasteiger partial charge in [0.15, 0.2) is 0 Å². The smallest absolute Gasteiger partial charge is 0.398 e. The van der Waals surface area contributed by atoms with Crippen LogP contribution in [0.1, 0.15) is 27.7 Å². The first-order valence-corrected chi connectivity index (χ1v) is 9.16. The van der Waals surface area contributed by atoms with Crippen LogP contribution in [0.25, 0.3) is 10.9 Å². The average molecular weight is 363 g/mol. The van der Waals surface area contributed by atoms with Crippen molar-refractivity contribution in [2.75, 3.05) is 31.2 Å². The van der Waals surface area contributed by atoms with Gasteiger partial charge in [0.1, 0.15) is 5.59 Å². The van der Waals surface area contributed by atoms with E-state index in [1.807, 2.05) is 27.7 Å². The predicted octanol–water partition coefficient (Wildman–Crippen LogP) is 1.81. The Hall–Kier alpha value is -1.14. The van der Waals surface area contributed by atoms with Gasteiger partial charge < -0.3 is 18.9 Å². The number of rotatable bonds is 3. The first-order chi connectivity index (χ1) is 12.3. The molecule has 0 aliphatic carbocycles. The van der Waals surface area contributed by atoms with E-state index in [9.17, 15) is 0 Å². The zero-order valence-corrected chi connectivity index (χ0v) is 16.2. The SMILES string of the molecule is [3H]Pn1nc(B2OC(C)(C)C(C)(C)O2)c2ccc(N3CCOCC3)cc21. The molecule has 1 aromatic carbocycles. The summed E-state index contributed by atoms with van der Waals surface area (Å²) in [5.41, 5.74) is 2.02. The number of benzene rings is 1. The molecule has 2 fully saturated rings. The number of fused-ring (bicyclic) bond motifs is 1. The van der Waals surface area contributed by atoms with Crippen molar-refractivity contribution in [3.63, 3.8) is 0 Å². The molecule has 0 N–H and O–H groups in total. The monoisotopic (exact) mass is 363 g/mol. The van der Waals surface area contributed by atoms with E-state index in [0.29, 0.717) is 0 Å². The Kier molecular flexibility index (Phi) is 3.82. The lowest BCUT2D eigenvalue weighted by molar-refractivity contribution is 0.00578. The van der Waals surface area contributed by atoms with E-state index in [2.05, 4.69) is 28.2 Å². The van der Waals surface area contributed by atoms with E-state index >= 15 is 0 Å². The molecule has 1 unspecified atom stereocenters. The molecule has 8 heteroatoms. The van der Waals surface area contributed by atoms with E-state index in [-0.39, 0.29) is 9.34 Å². The highest BCUT2D eigenvalue weighted by atomic mass is 31.0. The number of anilines is 1. The minimum atomic E-state index is -0.519. The predicted molar refractivity (Wildman–Crippen MR) is 104 cm³/mol. The summed E-state index contributed by atoms with van der Waals surface area (Å²) in [6.07, 6.45) is 0. The van der Waals surface area contributed by atoms with Gasteiger partial charge in [-0.15, -0.1) is 0 Å². The van der Waals surface area contributed by atoms with Crippen molar-refractivity contribution in [3.05, 3.63) is 18.2 Å². The van der Waals surface area contributed by atoms with Gasteiger partial charge >= 0.3 is 7.12 Å². The van der Waals surface area contributed by atoms with Crippen LogP contribution >= 0.6 is 9.34 Å². The number of nitrogens with zero attached hydrogens (tertiary/aromatic N) is 3. The van der Waals surface area contributed by atoms with Crippen molar-refractivity contribution in [1.29, 1.82) is 1.28 Å². The lowest BCUT2D eigenvalue weighted by atomic mass is 9.82. The van der Waals surface area contributed by atoms with E-state index in [1.54, 1.807) is 4.45 Å². The highest BCUT2D eigenvalue weighted by Crippen LogP contribution is 2.37. The topological polar surface area (TPSA) is 48.8 Å². The second-order valence-electron chi connectivity index (χ2n) is 7.69. The summed E-state index contributed by atoms with van der Waals surface area (Å²) in [5, 5.41) is 5.64. The lowest BCUT2D eigenvalue weighted by Crippen LogP contribution is -2.41. The lowest BCUT2D eigenvalue weighted by Gasteiger charge is -2.32. The minimum absolute atomic E-state index is 0.201. The summed E-state index contributed by atoms with van der Waals surface area (Å²) in [6.45, 7) is 11.4. The molecule has 0 saturated carbocycles. The van der Waals surface area contributed by atoms with E-state index in [4.69, 9.17) is 15.3 Å². The fraction of sp³-hybridized carbons (Fsp3) is 0.588. The van der Waals surface area contributed by atoms with Gasteiger partial charge in [0, 0.05) is 24.2 Å². The standard InChI is InChI=1S/C17H25BN3O3P/c1-16(2)17(3,4)24-18(23-16)15-13-6-5-12(11-14(13)21(25)19-15)20-7-9-22-10-8-20/h5-6,11H,7-10,25H2,1-4H3/i25T. The third kappa shape index (κ3) is 2.87. The van der Waals surface area contributed by atoms with Gasteiger partial charge in [-0.25, -0.2) is 0 Å². The van der Waals surface area contributed by atoms with Crippen LogP contribution in [0.5, 0.6) is 0 Å². The van der Waals surface area contributed by atoms with Crippen LogP contribution in [0.15, 0.2) is 18.2 Å². The largest absolute Gasteiger partial charge is 0.517 e. The van der Waals surface area contributed by atoms with Crippen LogP contribution in [0.2, 0.25) is 0 Å². The zero-order chi connectivity index (χ0) is 18.5. The Bertz CT molecular complexity index is 807. The molecule has 0 bridgehead atoms. The van der Waals surface area contributed by atoms with Crippen LogP contribution in [-0.2, 0) is 14.0 Å². The minimum Gasteiger partial charge on any atom is -0.398 e. The summed E-state index contributed by atoms with van der Waals surface area (Å²) in [5.74, 6) is 0. The van der Waals surface area contributed by atoms with Gasteiger partial charge in [-0.1, -0.05) is 0 Å². The third-order valence-corrected chi connectivity index (χ3v) is 5.89. The number of ether oxygens (including phenoxy) is 1. The maximum atomic E-state index is 7.89. The van der Waals surface area contributed by atoms with Crippen LogP contribution in [0.3, 0.4) is 0 Å². The highest BCUT2D eigenvalue weighted by molar-refractivity contribution is 7.14. The van der Waals surface area contributed by atoms with E-state index in [0.717, 1.165) is 48.5 Å². The Morgan fingerprint density at radius 1 is 1.16 bits per heavy atom. The third-order valence-electron chi connectivity index (χ3n) is 5.55. The van der Waals surface area contributed by atoms with Gasteiger partial charge in [-0.05, 0) is 55.2 Å². The molecule has 0 amide bonds. The molecular formula is C17H25BN3O3P. The molecule has 2 aliphatic heterocycles. The van der Waals surface area contributed by atoms with Gasteiger partial charge in [-0.3, -0.25) is 4.45 Å². The molecule has 25 heavy (non-hydrogen) atoms. The summed E-state index contributed by atoms with van der Waals surface area (Å²) in [4.78, 5) is 2.31. The average Bonchev–Trinajstić information content (AvgIpc) is 3.09. The van der Waals surface area contributed by atoms with Gasteiger partial charge in [0.2, 0.25) is 0 Å². The van der Waals surface area contributed by atoms with Gasteiger partial charge in [0.05, 0.1) is 31.2 Å². The number of morpholine rings is 1. The Labute approximate surface area is 152 Å². The molecule has 1 aromatic heterocycles. The highest BCUT2D eigenvalue weighted by Gasteiger charge is 2.53. The first-order valence-electron chi connectivity index (χ1n) is 9.21. The van der Waals surface area contributed by atoms with Crippen LogP contribution in [0.4, 0.5) is 5.69 Å². The molecule has 2 aromatic rings. The van der Waals surface area contributed by atoms with Crippen LogP contribution in [-0.4, -0.2) is 55.5 Å². The fourth-order valence-electron chi connectivity index (χ4n) is 3.27. The number of hydrogen-bond acceptors (Lipinski definition) is 5. The molecule has 2 aliphatic rings. The molecular weight excluding hydrogens is 336 g/mol. The van der Waals surface area contributed by atoms with Crippen molar-refractivity contribution < 1.29 is 14.0 Å². The van der Waals surface area contributed by atoms with Crippen LogP contribution in [0, 0.1) is 0 Å².